The van der Waals surface area contributed by atoms with Crippen molar-refractivity contribution < 1.29 is 9.63 Å². The topological polar surface area (TPSA) is 62.7 Å². The number of nitrogens with one attached hydrogen (secondary N) is 2. The maximum atomic E-state index is 11.4. The lowest BCUT2D eigenvalue weighted by atomic mass is 10.1. The van der Waals surface area contributed by atoms with E-state index < -0.39 is 0 Å². The van der Waals surface area contributed by atoms with E-state index in [0.717, 1.165) is 19.4 Å². The van der Waals surface area contributed by atoms with Crippen molar-refractivity contribution in [3.8, 4) is 0 Å². The van der Waals surface area contributed by atoms with Gasteiger partial charge in [-0.2, -0.15) is 0 Å². The summed E-state index contributed by atoms with van der Waals surface area (Å²) in [5, 5.41) is 2.78. The number of hydroxylamine groups is 1. The number of amides is 1. The van der Waals surface area contributed by atoms with Crippen LogP contribution < -0.4 is 10.8 Å². The van der Waals surface area contributed by atoms with Crippen LogP contribution in [0.15, 0.2) is 4.99 Å². The third-order valence-electron chi connectivity index (χ3n) is 2.62. The van der Waals surface area contributed by atoms with Crippen molar-refractivity contribution in [3.63, 3.8) is 0 Å². The zero-order valence-corrected chi connectivity index (χ0v) is 8.25. The quantitative estimate of drug-likeness (QED) is 0.646. The second-order valence-corrected chi connectivity index (χ2v) is 3.62. The number of carbonyl (C=O) groups is 1. The molecule has 2 N–H and O–H groups in total. The third kappa shape index (κ3) is 1.72. The van der Waals surface area contributed by atoms with Crippen LogP contribution in [-0.4, -0.2) is 30.9 Å². The number of aliphatic imine (C=N–C) groups is 1. The van der Waals surface area contributed by atoms with Crippen LogP contribution >= 0.6 is 0 Å². The smallest absolute Gasteiger partial charge is 0.230 e. The van der Waals surface area contributed by atoms with Crippen molar-refractivity contribution in [1.29, 1.82) is 0 Å². The summed E-state index contributed by atoms with van der Waals surface area (Å²) in [5.41, 5.74) is 2.74. The highest BCUT2D eigenvalue weighted by atomic mass is 16.6. The predicted octanol–water partition coefficient (Wildman–Crippen LogP) is -0.166. The minimum Gasteiger partial charge on any atom is -0.355 e. The normalized spacial score (nSPS) is 32.1. The minimum atomic E-state index is -0.135. The molecule has 0 bridgehead atoms. The molecule has 1 saturated heterocycles. The van der Waals surface area contributed by atoms with Gasteiger partial charge in [0.15, 0.2) is 0 Å². The molecule has 2 aliphatic heterocycles. The maximum absolute atomic E-state index is 11.4. The molecular weight excluding hydrogens is 182 g/mol. The van der Waals surface area contributed by atoms with E-state index in [1.165, 1.54) is 0 Å². The molecule has 2 aliphatic rings. The molecule has 1 amide bonds. The Balaban J connectivity index is 2.08. The second kappa shape index (κ2) is 3.96. The van der Waals surface area contributed by atoms with E-state index in [0.29, 0.717) is 12.4 Å². The zero-order valence-electron chi connectivity index (χ0n) is 8.25. The Morgan fingerprint density at radius 2 is 2.50 bits per heavy atom. The number of amidine groups is 1. The molecule has 2 atom stereocenters. The van der Waals surface area contributed by atoms with Gasteiger partial charge in [-0.05, 0) is 12.8 Å². The molecule has 0 spiro atoms. The fourth-order valence-electron chi connectivity index (χ4n) is 1.70. The van der Waals surface area contributed by atoms with Gasteiger partial charge in [-0.3, -0.25) is 20.1 Å². The van der Waals surface area contributed by atoms with Crippen LogP contribution in [-0.2, 0) is 9.63 Å². The van der Waals surface area contributed by atoms with Crippen LogP contribution in [0, 0.1) is 5.92 Å². The maximum Gasteiger partial charge on any atom is 0.230 e. The Morgan fingerprint density at radius 1 is 1.64 bits per heavy atom. The van der Waals surface area contributed by atoms with Crippen LogP contribution in [0.5, 0.6) is 0 Å². The lowest BCUT2D eigenvalue weighted by Crippen LogP contribution is -2.41. The number of rotatable bonds is 2. The van der Waals surface area contributed by atoms with Gasteiger partial charge >= 0.3 is 0 Å². The van der Waals surface area contributed by atoms with Gasteiger partial charge in [-0.15, -0.1) is 0 Å². The summed E-state index contributed by atoms with van der Waals surface area (Å²) in [4.78, 5) is 21.0. The Morgan fingerprint density at radius 3 is 3.14 bits per heavy atom. The van der Waals surface area contributed by atoms with E-state index in [-0.39, 0.29) is 17.9 Å². The van der Waals surface area contributed by atoms with Gasteiger partial charge in [0.1, 0.15) is 5.84 Å². The molecule has 0 saturated carbocycles. The highest BCUT2D eigenvalue weighted by Crippen LogP contribution is 2.14. The molecule has 78 valence electrons. The number of nitrogens with zero attached hydrogens (tertiary/aromatic N) is 1. The first-order valence-electron chi connectivity index (χ1n) is 5.04. The first-order chi connectivity index (χ1) is 6.81. The van der Waals surface area contributed by atoms with Crippen molar-refractivity contribution in [2.75, 3.05) is 13.2 Å². The summed E-state index contributed by atoms with van der Waals surface area (Å²) < 4.78 is 0. The molecular formula is C9H15N3O2. The van der Waals surface area contributed by atoms with Gasteiger partial charge < -0.3 is 5.32 Å². The average molecular weight is 197 g/mol. The fourth-order valence-corrected chi connectivity index (χ4v) is 1.70. The van der Waals surface area contributed by atoms with Crippen LogP contribution in [0.25, 0.3) is 0 Å². The number of hydrogen-bond donors (Lipinski definition) is 2. The van der Waals surface area contributed by atoms with Gasteiger partial charge in [0.25, 0.3) is 0 Å². The highest BCUT2D eigenvalue weighted by Gasteiger charge is 2.31. The Labute approximate surface area is 82.9 Å². The summed E-state index contributed by atoms with van der Waals surface area (Å²) in [6, 6.07) is 0.194. The van der Waals surface area contributed by atoms with Gasteiger partial charge in [-0.25, -0.2) is 0 Å². The van der Waals surface area contributed by atoms with Crippen molar-refractivity contribution >= 4 is 11.7 Å². The van der Waals surface area contributed by atoms with Gasteiger partial charge in [0, 0.05) is 6.54 Å². The molecule has 14 heavy (non-hydrogen) atoms. The summed E-state index contributed by atoms with van der Waals surface area (Å²) in [5.74, 6) is 0.610. The van der Waals surface area contributed by atoms with E-state index in [1.54, 1.807) is 0 Å². The lowest BCUT2D eigenvalue weighted by molar-refractivity contribution is -0.121. The molecule has 0 aliphatic carbocycles. The van der Waals surface area contributed by atoms with Crippen LogP contribution in [0.1, 0.15) is 19.8 Å². The lowest BCUT2D eigenvalue weighted by Gasteiger charge is -2.22. The standard InChI is InChI=1S/C9H15N3O2/c1-2-6-5-14-12-8(11-6)7-3-4-10-9(7)13/h6-7H,2-5H2,1H3,(H,10,13)(H,11,12). The summed E-state index contributed by atoms with van der Waals surface area (Å²) >= 11 is 0. The SMILES string of the molecule is CCC1CONC(C2CCNC2=O)=N1. The molecule has 5 heteroatoms. The molecule has 5 nitrogen and oxygen atoms in total. The first kappa shape index (κ1) is 9.45. The predicted molar refractivity (Wildman–Crippen MR) is 51.7 cm³/mol. The molecule has 0 aromatic carbocycles. The van der Waals surface area contributed by atoms with E-state index >= 15 is 0 Å². The summed E-state index contributed by atoms with van der Waals surface area (Å²) in [7, 11) is 0. The number of carbonyl (C=O) groups excluding carboxylic acids is 1. The van der Waals surface area contributed by atoms with Crippen LogP contribution in [0.4, 0.5) is 0 Å². The molecule has 2 heterocycles. The van der Waals surface area contributed by atoms with Gasteiger partial charge in [-0.1, -0.05) is 6.92 Å². The first-order valence-corrected chi connectivity index (χ1v) is 5.04. The van der Waals surface area contributed by atoms with E-state index in [1.807, 2.05) is 0 Å². The number of hydrogen-bond acceptors (Lipinski definition) is 4. The van der Waals surface area contributed by atoms with E-state index in [4.69, 9.17) is 4.84 Å². The summed E-state index contributed by atoms with van der Waals surface area (Å²) in [6.07, 6.45) is 1.75. The Kier molecular flexibility index (Phi) is 2.67. The Bertz CT molecular complexity index is 265. The highest BCUT2D eigenvalue weighted by molar-refractivity contribution is 6.04. The minimum absolute atomic E-state index is 0.0524. The fraction of sp³-hybridized carbons (Fsp3) is 0.778. The van der Waals surface area contributed by atoms with E-state index in [9.17, 15) is 4.79 Å². The third-order valence-corrected chi connectivity index (χ3v) is 2.62. The molecule has 2 unspecified atom stereocenters. The molecule has 0 radical (unpaired) electrons. The van der Waals surface area contributed by atoms with Gasteiger partial charge in [0.2, 0.25) is 5.91 Å². The zero-order chi connectivity index (χ0) is 9.97. The van der Waals surface area contributed by atoms with Crippen LogP contribution in [0.3, 0.4) is 0 Å². The largest absolute Gasteiger partial charge is 0.355 e. The molecule has 2 rings (SSSR count). The van der Waals surface area contributed by atoms with Crippen molar-refractivity contribution in [3.05, 3.63) is 0 Å². The van der Waals surface area contributed by atoms with Crippen LogP contribution in [0.2, 0.25) is 0 Å². The van der Waals surface area contributed by atoms with Gasteiger partial charge in [0.05, 0.1) is 18.6 Å². The average Bonchev–Trinajstić information content (AvgIpc) is 2.65. The molecule has 0 aromatic heterocycles. The van der Waals surface area contributed by atoms with Crippen molar-refractivity contribution in [1.82, 2.24) is 10.8 Å². The monoisotopic (exact) mass is 197 g/mol. The van der Waals surface area contributed by atoms with Crippen molar-refractivity contribution in [2.45, 2.75) is 25.8 Å². The van der Waals surface area contributed by atoms with E-state index in [2.05, 4.69) is 22.7 Å². The summed E-state index contributed by atoms with van der Waals surface area (Å²) in [6.45, 7) is 3.39. The molecule has 1 fully saturated rings. The van der Waals surface area contributed by atoms with Crippen molar-refractivity contribution in [2.24, 2.45) is 10.9 Å². The molecule has 0 aromatic rings. The Hall–Kier alpha value is -1.10. The second-order valence-electron chi connectivity index (χ2n) is 3.62.